The number of likely N-dealkylation sites (tertiary alicyclic amines) is 1. The summed E-state index contributed by atoms with van der Waals surface area (Å²) in [6.07, 6.45) is 12.3. The van der Waals surface area contributed by atoms with Gasteiger partial charge in [-0.1, -0.05) is 47.0 Å². The Kier molecular flexibility index (Phi) is 14.1. The molecule has 1 saturated carbocycles. The lowest BCUT2D eigenvalue weighted by Crippen LogP contribution is -2.36. The number of hydrogen-bond donors (Lipinski definition) is 0. The number of piperidine rings is 1. The van der Waals surface area contributed by atoms with Crippen LogP contribution in [0.25, 0.3) is 0 Å². The van der Waals surface area contributed by atoms with Gasteiger partial charge in [0.25, 0.3) is 0 Å². The molecule has 4 heteroatoms. The van der Waals surface area contributed by atoms with Crippen molar-refractivity contribution in [3.05, 3.63) is 0 Å². The molecule has 0 aromatic heterocycles. The molecule has 4 nitrogen and oxygen atoms in total. The van der Waals surface area contributed by atoms with Crippen molar-refractivity contribution in [1.82, 2.24) is 4.90 Å². The van der Waals surface area contributed by atoms with Crippen molar-refractivity contribution < 1.29 is 14.3 Å². The van der Waals surface area contributed by atoms with Crippen LogP contribution < -0.4 is 0 Å². The standard InChI is InChI=1S/C12H23NO.2C4H8O/c1-13-9-7-12(8-10-13)14-11-5-3-2-4-6-11;2*1-4(2)3-5/h11-12H,2-10H2,1H3;2*3-4H,1-2H3. The Labute approximate surface area is 149 Å². The van der Waals surface area contributed by atoms with Crippen molar-refractivity contribution >= 4 is 12.6 Å². The van der Waals surface area contributed by atoms with Crippen molar-refractivity contribution in [2.45, 2.75) is 84.8 Å². The summed E-state index contributed by atoms with van der Waals surface area (Å²) in [6.45, 7) is 9.86. The fourth-order valence-electron chi connectivity index (χ4n) is 2.59. The molecule has 1 heterocycles. The molecule has 0 bridgehead atoms. The Morgan fingerprint density at radius 3 is 1.54 bits per heavy atom. The maximum absolute atomic E-state index is 9.50. The van der Waals surface area contributed by atoms with E-state index in [2.05, 4.69) is 11.9 Å². The lowest BCUT2D eigenvalue weighted by atomic mass is 9.97. The molecule has 0 N–H and O–H groups in total. The monoisotopic (exact) mass is 341 g/mol. The predicted octanol–water partition coefficient (Wildman–Crippen LogP) is 4.11. The van der Waals surface area contributed by atoms with Gasteiger partial charge in [0, 0.05) is 24.9 Å². The molecule has 0 unspecified atom stereocenters. The Morgan fingerprint density at radius 1 is 0.792 bits per heavy atom. The summed E-state index contributed by atoms with van der Waals surface area (Å²) in [4.78, 5) is 21.4. The van der Waals surface area contributed by atoms with E-state index in [0.717, 1.165) is 12.6 Å². The Hall–Kier alpha value is -0.740. The first-order valence-electron chi connectivity index (χ1n) is 9.63. The summed E-state index contributed by atoms with van der Waals surface area (Å²) >= 11 is 0. The summed E-state index contributed by atoms with van der Waals surface area (Å²) in [5, 5.41) is 0. The lowest BCUT2D eigenvalue weighted by molar-refractivity contribution is -0.110. The summed E-state index contributed by atoms with van der Waals surface area (Å²) < 4.78 is 6.15. The van der Waals surface area contributed by atoms with Gasteiger partial charge >= 0.3 is 0 Å². The number of carbonyl (C=O) groups is 2. The molecular weight excluding hydrogens is 302 g/mol. The van der Waals surface area contributed by atoms with E-state index >= 15 is 0 Å². The first-order valence-corrected chi connectivity index (χ1v) is 9.63. The van der Waals surface area contributed by atoms with Crippen molar-refractivity contribution in [1.29, 1.82) is 0 Å². The Morgan fingerprint density at radius 2 is 1.17 bits per heavy atom. The molecule has 2 fully saturated rings. The quantitative estimate of drug-likeness (QED) is 0.722. The van der Waals surface area contributed by atoms with Crippen molar-refractivity contribution in [3.8, 4) is 0 Å². The van der Waals surface area contributed by atoms with Gasteiger partial charge in [-0.25, -0.2) is 0 Å². The van der Waals surface area contributed by atoms with E-state index in [4.69, 9.17) is 4.74 Å². The summed E-state index contributed by atoms with van der Waals surface area (Å²) in [5.74, 6) is 0.407. The molecule has 0 amide bonds. The first-order chi connectivity index (χ1) is 11.4. The number of ether oxygens (including phenoxy) is 1. The van der Waals surface area contributed by atoms with Crippen LogP contribution in [0.3, 0.4) is 0 Å². The Bertz CT molecular complexity index is 292. The number of nitrogens with zero attached hydrogens (tertiary/aromatic N) is 1. The van der Waals surface area contributed by atoms with E-state index in [-0.39, 0.29) is 11.8 Å². The SMILES string of the molecule is CC(C)C=O.CC(C)C=O.CN1CCC(OC2CCCCC2)CC1. The van der Waals surface area contributed by atoms with Gasteiger partial charge in [0.05, 0.1) is 12.2 Å². The molecule has 0 spiro atoms. The van der Waals surface area contributed by atoms with Crippen LogP contribution >= 0.6 is 0 Å². The fraction of sp³-hybridized carbons (Fsp3) is 0.900. The molecule has 0 radical (unpaired) electrons. The number of aldehydes is 2. The van der Waals surface area contributed by atoms with Crippen LogP contribution in [0, 0.1) is 11.8 Å². The van der Waals surface area contributed by atoms with E-state index in [9.17, 15) is 9.59 Å². The lowest BCUT2D eigenvalue weighted by Gasteiger charge is -2.33. The second-order valence-corrected chi connectivity index (χ2v) is 7.66. The van der Waals surface area contributed by atoms with Crippen LogP contribution in [0.15, 0.2) is 0 Å². The fourth-order valence-corrected chi connectivity index (χ4v) is 2.59. The average Bonchev–Trinajstić information content (AvgIpc) is 2.59. The minimum Gasteiger partial charge on any atom is -0.375 e. The van der Waals surface area contributed by atoms with Gasteiger partial charge in [-0.05, 0) is 32.7 Å². The Balaban J connectivity index is 0.000000442. The normalized spacial score (nSPS) is 20.0. The first kappa shape index (κ1) is 23.3. The van der Waals surface area contributed by atoms with E-state index in [1.807, 2.05) is 27.7 Å². The van der Waals surface area contributed by atoms with E-state index < -0.39 is 0 Å². The second-order valence-electron chi connectivity index (χ2n) is 7.66. The molecule has 1 aliphatic heterocycles. The maximum Gasteiger partial charge on any atom is 0.122 e. The second kappa shape index (κ2) is 14.6. The molecular formula is C20H39NO3. The zero-order chi connectivity index (χ0) is 18.4. The molecule has 2 rings (SSSR count). The molecule has 2 aliphatic rings. The van der Waals surface area contributed by atoms with Gasteiger partial charge in [-0.3, -0.25) is 0 Å². The third-order valence-electron chi connectivity index (χ3n) is 4.15. The molecule has 142 valence electrons. The third kappa shape index (κ3) is 13.7. The minimum atomic E-state index is 0.204. The topological polar surface area (TPSA) is 46.6 Å². The van der Waals surface area contributed by atoms with Crippen LogP contribution in [0.5, 0.6) is 0 Å². The number of hydrogen-bond acceptors (Lipinski definition) is 4. The van der Waals surface area contributed by atoms with Crippen LogP contribution in [0.1, 0.15) is 72.6 Å². The smallest absolute Gasteiger partial charge is 0.122 e. The molecule has 1 saturated heterocycles. The number of carbonyl (C=O) groups excluding carboxylic acids is 2. The zero-order valence-electron chi connectivity index (χ0n) is 16.5. The predicted molar refractivity (Wildman–Crippen MR) is 100 cm³/mol. The van der Waals surface area contributed by atoms with Gasteiger partial charge in [0.15, 0.2) is 0 Å². The largest absolute Gasteiger partial charge is 0.375 e. The highest BCUT2D eigenvalue weighted by Gasteiger charge is 2.22. The highest BCUT2D eigenvalue weighted by Crippen LogP contribution is 2.24. The van der Waals surface area contributed by atoms with Gasteiger partial charge < -0.3 is 19.2 Å². The highest BCUT2D eigenvalue weighted by atomic mass is 16.5. The van der Waals surface area contributed by atoms with Crippen LogP contribution in [0.4, 0.5) is 0 Å². The molecule has 1 aliphatic carbocycles. The molecule has 0 aromatic carbocycles. The van der Waals surface area contributed by atoms with Crippen LogP contribution in [-0.2, 0) is 14.3 Å². The van der Waals surface area contributed by atoms with Gasteiger partial charge in [0.2, 0.25) is 0 Å². The summed E-state index contributed by atoms with van der Waals surface area (Å²) in [5.41, 5.74) is 0. The minimum absolute atomic E-state index is 0.204. The van der Waals surface area contributed by atoms with Gasteiger partial charge in [-0.15, -0.1) is 0 Å². The third-order valence-corrected chi connectivity index (χ3v) is 4.15. The highest BCUT2D eigenvalue weighted by molar-refractivity contribution is 5.52. The van der Waals surface area contributed by atoms with E-state index in [1.54, 1.807) is 0 Å². The van der Waals surface area contributed by atoms with Crippen molar-refractivity contribution in [3.63, 3.8) is 0 Å². The van der Waals surface area contributed by atoms with Crippen LogP contribution in [-0.4, -0.2) is 49.8 Å². The van der Waals surface area contributed by atoms with E-state index in [1.165, 1.54) is 58.0 Å². The zero-order valence-corrected chi connectivity index (χ0v) is 16.5. The maximum atomic E-state index is 9.50. The summed E-state index contributed by atoms with van der Waals surface area (Å²) in [6, 6.07) is 0. The molecule has 0 atom stereocenters. The van der Waals surface area contributed by atoms with Crippen molar-refractivity contribution in [2.75, 3.05) is 20.1 Å². The number of rotatable bonds is 4. The average molecular weight is 342 g/mol. The molecule has 24 heavy (non-hydrogen) atoms. The van der Waals surface area contributed by atoms with Gasteiger partial charge in [-0.2, -0.15) is 0 Å². The summed E-state index contributed by atoms with van der Waals surface area (Å²) in [7, 11) is 2.21. The van der Waals surface area contributed by atoms with Crippen LogP contribution in [0.2, 0.25) is 0 Å². The molecule has 0 aromatic rings. The van der Waals surface area contributed by atoms with E-state index in [0.29, 0.717) is 12.2 Å². The van der Waals surface area contributed by atoms with Gasteiger partial charge in [0.1, 0.15) is 12.6 Å². The van der Waals surface area contributed by atoms with Crippen molar-refractivity contribution in [2.24, 2.45) is 11.8 Å².